The summed E-state index contributed by atoms with van der Waals surface area (Å²) in [7, 11) is -3.68. The van der Waals surface area contributed by atoms with Crippen LogP contribution < -0.4 is 4.72 Å². The lowest BCUT2D eigenvalue weighted by Gasteiger charge is -2.18. The fourth-order valence-corrected chi connectivity index (χ4v) is 2.93. The molecule has 2 N–H and O–H groups in total. The number of aromatic carboxylic acids is 1. The van der Waals surface area contributed by atoms with E-state index in [2.05, 4.69) is 4.72 Å². The van der Waals surface area contributed by atoms with Crippen LogP contribution in [0.4, 0.5) is 0 Å². The Labute approximate surface area is 126 Å². The minimum absolute atomic E-state index is 0.00832. The van der Waals surface area contributed by atoms with E-state index in [9.17, 15) is 13.2 Å². The van der Waals surface area contributed by atoms with Gasteiger partial charge in [-0.05, 0) is 36.0 Å². The van der Waals surface area contributed by atoms with E-state index in [0.717, 1.165) is 0 Å². The van der Waals surface area contributed by atoms with Gasteiger partial charge in [-0.25, -0.2) is 17.9 Å². The molecule has 5 nitrogen and oxygen atoms in total. The van der Waals surface area contributed by atoms with Gasteiger partial charge in [-0.2, -0.15) is 0 Å². The van der Waals surface area contributed by atoms with Gasteiger partial charge in [0.05, 0.1) is 10.5 Å². The Morgan fingerprint density at radius 2 is 1.90 bits per heavy atom. The lowest BCUT2D eigenvalue weighted by molar-refractivity contribution is 0.0695. The van der Waals surface area contributed by atoms with Crippen LogP contribution in [0.5, 0.6) is 0 Å². The van der Waals surface area contributed by atoms with Crippen molar-refractivity contribution in [3.05, 3.63) is 29.3 Å². The van der Waals surface area contributed by atoms with Crippen molar-refractivity contribution in [3.8, 4) is 0 Å². The Balaban J connectivity index is 2.99. The summed E-state index contributed by atoms with van der Waals surface area (Å²) >= 11 is 0. The second kappa shape index (κ2) is 6.58. The molecule has 0 aliphatic carbocycles. The molecule has 0 unspecified atom stereocenters. The largest absolute Gasteiger partial charge is 0.478 e. The van der Waals surface area contributed by atoms with Gasteiger partial charge in [-0.15, -0.1) is 0 Å². The Bertz CT molecular complexity index is 615. The molecule has 0 aliphatic rings. The molecule has 1 aromatic rings. The second-order valence-electron chi connectivity index (χ2n) is 6.19. The Morgan fingerprint density at radius 3 is 2.38 bits per heavy atom. The Hall–Kier alpha value is -1.40. The number of carbonyl (C=O) groups is 1. The van der Waals surface area contributed by atoms with Crippen LogP contribution in [-0.4, -0.2) is 26.0 Å². The summed E-state index contributed by atoms with van der Waals surface area (Å²) in [6.07, 6.45) is 1.24. The van der Waals surface area contributed by atoms with Crippen LogP contribution in [0.25, 0.3) is 0 Å². The third kappa shape index (κ3) is 5.13. The number of sulfonamides is 1. The molecule has 1 rings (SSSR count). The normalized spacial score (nSPS) is 12.4. The zero-order chi connectivity index (χ0) is 16.3. The van der Waals surface area contributed by atoms with Gasteiger partial charge < -0.3 is 5.11 Å². The van der Waals surface area contributed by atoms with Crippen molar-refractivity contribution >= 4 is 16.0 Å². The van der Waals surface area contributed by atoms with E-state index in [4.69, 9.17) is 5.11 Å². The van der Waals surface area contributed by atoms with E-state index in [1.165, 1.54) is 12.1 Å². The molecule has 0 heterocycles. The van der Waals surface area contributed by atoms with Gasteiger partial charge in [0, 0.05) is 6.54 Å². The third-order valence-electron chi connectivity index (χ3n) is 3.17. The molecule has 1 aromatic carbocycles. The summed E-state index contributed by atoms with van der Waals surface area (Å²) in [6.45, 7) is 8.24. The standard InChI is InChI=1S/C15H23NO4S/c1-5-11-6-7-12(10-13(11)14(17)18)21(19,20)16-9-8-15(2,3)4/h6-7,10,16H,5,8-9H2,1-4H3,(H,17,18). The minimum Gasteiger partial charge on any atom is -0.478 e. The number of benzene rings is 1. The summed E-state index contributed by atoms with van der Waals surface area (Å²) in [4.78, 5) is 11.2. The highest BCUT2D eigenvalue weighted by molar-refractivity contribution is 7.89. The number of hydrogen-bond donors (Lipinski definition) is 2. The van der Waals surface area contributed by atoms with Crippen molar-refractivity contribution < 1.29 is 18.3 Å². The molecule has 0 aliphatic heterocycles. The van der Waals surface area contributed by atoms with Gasteiger partial charge in [0.1, 0.15) is 0 Å². The molecule has 0 saturated carbocycles. The van der Waals surface area contributed by atoms with Crippen molar-refractivity contribution in [2.75, 3.05) is 6.54 Å². The highest BCUT2D eigenvalue weighted by atomic mass is 32.2. The predicted octanol–water partition coefficient (Wildman–Crippen LogP) is 2.66. The first-order valence-electron chi connectivity index (χ1n) is 6.93. The van der Waals surface area contributed by atoms with Gasteiger partial charge in [-0.1, -0.05) is 33.8 Å². The van der Waals surface area contributed by atoms with Crippen molar-refractivity contribution in [1.82, 2.24) is 4.72 Å². The van der Waals surface area contributed by atoms with Crippen molar-refractivity contribution in [2.24, 2.45) is 5.41 Å². The molecule has 0 radical (unpaired) electrons. The first kappa shape index (κ1) is 17.7. The number of carboxylic acid groups (broad SMARTS) is 1. The molecule has 118 valence electrons. The van der Waals surface area contributed by atoms with Gasteiger partial charge in [-0.3, -0.25) is 0 Å². The fourth-order valence-electron chi connectivity index (χ4n) is 1.87. The van der Waals surface area contributed by atoms with Gasteiger partial charge in [0.25, 0.3) is 0 Å². The SMILES string of the molecule is CCc1ccc(S(=O)(=O)NCCC(C)(C)C)cc1C(=O)O. The van der Waals surface area contributed by atoms with E-state index in [1.54, 1.807) is 6.07 Å². The van der Waals surface area contributed by atoms with Crippen LogP contribution >= 0.6 is 0 Å². The number of carboxylic acids is 1. The molecule has 6 heteroatoms. The molecule has 0 fully saturated rings. The molecular weight excluding hydrogens is 290 g/mol. The number of rotatable bonds is 6. The highest BCUT2D eigenvalue weighted by Gasteiger charge is 2.19. The topological polar surface area (TPSA) is 83.5 Å². The molecular formula is C15H23NO4S. The lowest BCUT2D eigenvalue weighted by Crippen LogP contribution is -2.27. The molecule has 0 amide bonds. The van der Waals surface area contributed by atoms with Crippen LogP contribution in [0.1, 0.15) is 50.0 Å². The molecule has 0 spiro atoms. The summed E-state index contributed by atoms with van der Waals surface area (Å²) in [5.74, 6) is -1.11. The van der Waals surface area contributed by atoms with Crippen LogP contribution in [0.2, 0.25) is 0 Å². The van der Waals surface area contributed by atoms with Gasteiger partial charge in [0.15, 0.2) is 0 Å². The van der Waals surface area contributed by atoms with E-state index in [1.807, 2.05) is 27.7 Å². The number of aryl methyl sites for hydroxylation is 1. The average molecular weight is 313 g/mol. The summed E-state index contributed by atoms with van der Waals surface area (Å²) in [5, 5.41) is 9.15. The molecule has 21 heavy (non-hydrogen) atoms. The summed E-state index contributed by atoms with van der Waals surface area (Å²) < 4.78 is 26.9. The van der Waals surface area contributed by atoms with Crippen LogP contribution in [0, 0.1) is 5.41 Å². The molecule has 0 bridgehead atoms. The fraction of sp³-hybridized carbons (Fsp3) is 0.533. The lowest BCUT2D eigenvalue weighted by atomic mass is 9.93. The van der Waals surface area contributed by atoms with E-state index in [0.29, 0.717) is 24.9 Å². The first-order valence-corrected chi connectivity index (χ1v) is 8.41. The zero-order valence-electron chi connectivity index (χ0n) is 12.9. The maximum atomic E-state index is 12.2. The Morgan fingerprint density at radius 1 is 1.29 bits per heavy atom. The average Bonchev–Trinajstić information content (AvgIpc) is 2.35. The van der Waals surface area contributed by atoms with Crippen LogP contribution in [-0.2, 0) is 16.4 Å². The van der Waals surface area contributed by atoms with E-state index < -0.39 is 16.0 Å². The quantitative estimate of drug-likeness (QED) is 0.845. The maximum absolute atomic E-state index is 12.2. The number of nitrogens with one attached hydrogen (secondary N) is 1. The second-order valence-corrected chi connectivity index (χ2v) is 7.95. The van der Waals surface area contributed by atoms with Crippen molar-refractivity contribution in [2.45, 2.75) is 45.4 Å². The predicted molar refractivity (Wildman–Crippen MR) is 82.0 cm³/mol. The highest BCUT2D eigenvalue weighted by Crippen LogP contribution is 2.19. The van der Waals surface area contributed by atoms with Gasteiger partial charge >= 0.3 is 5.97 Å². The van der Waals surface area contributed by atoms with Crippen molar-refractivity contribution in [3.63, 3.8) is 0 Å². The monoisotopic (exact) mass is 313 g/mol. The van der Waals surface area contributed by atoms with Gasteiger partial charge in [0.2, 0.25) is 10.0 Å². The first-order chi connectivity index (χ1) is 9.57. The molecule has 0 atom stereocenters. The summed E-state index contributed by atoms with van der Waals surface area (Å²) in [6, 6.07) is 4.23. The summed E-state index contributed by atoms with van der Waals surface area (Å²) in [5.41, 5.74) is 0.688. The van der Waals surface area contributed by atoms with Crippen molar-refractivity contribution in [1.29, 1.82) is 0 Å². The van der Waals surface area contributed by atoms with Crippen LogP contribution in [0.15, 0.2) is 23.1 Å². The smallest absolute Gasteiger partial charge is 0.336 e. The van der Waals surface area contributed by atoms with E-state index in [-0.39, 0.29) is 15.9 Å². The maximum Gasteiger partial charge on any atom is 0.336 e. The number of hydrogen-bond acceptors (Lipinski definition) is 3. The zero-order valence-corrected chi connectivity index (χ0v) is 13.8. The Kier molecular flexibility index (Phi) is 5.53. The molecule has 0 aromatic heterocycles. The molecule has 0 saturated heterocycles. The third-order valence-corrected chi connectivity index (χ3v) is 4.63. The van der Waals surface area contributed by atoms with E-state index >= 15 is 0 Å². The van der Waals surface area contributed by atoms with Crippen LogP contribution in [0.3, 0.4) is 0 Å². The minimum atomic E-state index is -3.68.